The molecule has 22 heavy (non-hydrogen) atoms. The summed E-state index contributed by atoms with van der Waals surface area (Å²) in [4.78, 5) is 15.9. The molecule has 1 aromatic heterocycles. The van der Waals surface area contributed by atoms with Crippen LogP contribution in [0.25, 0.3) is 0 Å². The van der Waals surface area contributed by atoms with Gasteiger partial charge in [0, 0.05) is 12.4 Å². The molecular weight excluding hydrogens is 282 g/mol. The van der Waals surface area contributed by atoms with Gasteiger partial charge in [0.2, 0.25) is 0 Å². The Labute approximate surface area is 132 Å². The highest BCUT2D eigenvalue weighted by molar-refractivity contribution is 5.89. The number of aliphatic hydroxyl groups excluding tert-OH is 2. The second-order valence-electron chi connectivity index (χ2n) is 6.63. The van der Waals surface area contributed by atoms with Crippen molar-refractivity contribution in [2.24, 2.45) is 11.3 Å². The molecule has 5 heteroatoms. The normalized spacial score (nSPS) is 23.1. The van der Waals surface area contributed by atoms with Gasteiger partial charge in [0.1, 0.15) is 6.10 Å². The van der Waals surface area contributed by atoms with E-state index in [0.717, 1.165) is 12.8 Å². The van der Waals surface area contributed by atoms with E-state index in [1.807, 2.05) is 0 Å². The van der Waals surface area contributed by atoms with Crippen LogP contribution in [0.1, 0.15) is 50.4 Å². The summed E-state index contributed by atoms with van der Waals surface area (Å²) >= 11 is 0. The lowest BCUT2D eigenvalue weighted by atomic mass is 9.71. The topological polar surface area (TPSA) is 79.7 Å². The summed E-state index contributed by atoms with van der Waals surface area (Å²) in [5.41, 5.74) is 0.797. The van der Waals surface area contributed by atoms with E-state index in [9.17, 15) is 4.79 Å². The Hall–Kier alpha value is -1.46. The molecule has 2 N–H and O–H groups in total. The minimum absolute atomic E-state index is 0.0384. The number of aromatic nitrogens is 1. The summed E-state index contributed by atoms with van der Waals surface area (Å²) in [7, 11) is 0. The van der Waals surface area contributed by atoms with Gasteiger partial charge in [0.25, 0.3) is 0 Å². The quantitative estimate of drug-likeness (QED) is 0.838. The molecule has 0 bridgehead atoms. The van der Waals surface area contributed by atoms with Gasteiger partial charge < -0.3 is 14.9 Å². The molecule has 1 aliphatic rings. The van der Waals surface area contributed by atoms with Crippen LogP contribution in [-0.2, 0) is 4.74 Å². The van der Waals surface area contributed by atoms with Gasteiger partial charge >= 0.3 is 5.97 Å². The van der Waals surface area contributed by atoms with Gasteiger partial charge in [0.05, 0.1) is 18.8 Å². The van der Waals surface area contributed by atoms with Crippen molar-refractivity contribution in [3.8, 4) is 0 Å². The van der Waals surface area contributed by atoms with Gasteiger partial charge in [-0.3, -0.25) is 4.98 Å². The molecule has 2 rings (SSSR count). The first-order chi connectivity index (χ1) is 10.4. The van der Waals surface area contributed by atoms with Gasteiger partial charge in [-0.2, -0.15) is 0 Å². The van der Waals surface area contributed by atoms with Crippen molar-refractivity contribution in [3.63, 3.8) is 0 Å². The average Bonchev–Trinajstić information content (AvgIpc) is 2.46. The molecule has 1 saturated carbocycles. The highest BCUT2D eigenvalue weighted by Gasteiger charge is 2.34. The fraction of sp³-hybridized carbons (Fsp3) is 0.647. The van der Waals surface area contributed by atoms with Crippen molar-refractivity contribution < 1.29 is 19.7 Å². The monoisotopic (exact) mass is 309 g/mol. The molecule has 0 radical (unpaired) electrons. The lowest BCUT2D eigenvalue weighted by Gasteiger charge is -2.38. The predicted molar refractivity (Wildman–Crippen MR) is 84.4 cm³/mol. The highest BCUT2D eigenvalue weighted by Crippen LogP contribution is 2.39. The van der Waals surface area contributed by atoms with Crippen molar-refractivity contribution in [1.29, 1.82) is 0 Å². The summed E-state index contributed by atoms with van der Waals surface area (Å²) in [6.07, 6.45) is 6.37. The van der Waals surface area contributed by atoms with E-state index in [4.69, 9.17) is 14.9 Å². The second kappa shape index (κ2) is 8.86. The number of hydrogen-bond acceptors (Lipinski definition) is 5. The molecule has 1 aromatic rings. The minimum atomic E-state index is -0.252. The van der Waals surface area contributed by atoms with Gasteiger partial charge in [-0.25, -0.2) is 4.79 Å². The summed E-state index contributed by atoms with van der Waals surface area (Å²) < 4.78 is 5.60. The van der Waals surface area contributed by atoms with E-state index in [-0.39, 0.29) is 30.7 Å². The van der Waals surface area contributed by atoms with Crippen molar-refractivity contribution in [1.82, 2.24) is 4.98 Å². The molecule has 1 heterocycles. The number of esters is 1. The number of nitrogens with zero attached hydrogens (tertiary/aromatic N) is 1. The standard InChI is InChI=1S/C15H21NO2.C2H6O2/c1-11-7-13(9-15(2,3)8-11)18-14(17)12-5-4-6-16-10-12;3-1-2-4/h4-6,10-11,13H,7-9H2,1-3H3;3-4H,1-2H2/t11-,13-;/m1./s1. The number of pyridine rings is 1. The van der Waals surface area contributed by atoms with Gasteiger partial charge in [-0.05, 0) is 42.7 Å². The van der Waals surface area contributed by atoms with E-state index in [1.54, 1.807) is 24.5 Å². The molecule has 0 amide bonds. The van der Waals surface area contributed by atoms with Gasteiger partial charge in [-0.1, -0.05) is 20.8 Å². The molecule has 2 atom stereocenters. The van der Waals surface area contributed by atoms with E-state index >= 15 is 0 Å². The highest BCUT2D eigenvalue weighted by atomic mass is 16.5. The Morgan fingerprint density at radius 1 is 1.36 bits per heavy atom. The van der Waals surface area contributed by atoms with Crippen molar-refractivity contribution in [3.05, 3.63) is 30.1 Å². The van der Waals surface area contributed by atoms with Crippen LogP contribution in [0.3, 0.4) is 0 Å². The molecule has 124 valence electrons. The van der Waals surface area contributed by atoms with E-state index in [1.165, 1.54) is 6.42 Å². The summed E-state index contributed by atoms with van der Waals surface area (Å²) in [6, 6.07) is 3.50. The average molecular weight is 309 g/mol. The predicted octanol–water partition coefficient (Wildman–Crippen LogP) is 2.42. The van der Waals surface area contributed by atoms with Crippen LogP contribution in [0, 0.1) is 11.3 Å². The molecule has 0 aliphatic heterocycles. The van der Waals surface area contributed by atoms with Gasteiger partial charge in [-0.15, -0.1) is 0 Å². The number of carbonyl (C=O) groups excluding carboxylic acids is 1. The van der Waals surface area contributed by atoms with Crippen LogP contribution in [0.2, 0.25) is 0 Å². The Bertz CT molecular complexity index is 445. The molecular formula is C17H27NO4. The molecule has 1 aliphatic carbocycles. The fourth-order valence-electron chi connectivity index (χ4n) is 3.05. The van der Waals surface area contributed by atoms with E-state index < -0.39 is 0 Å². The maximum Gasteiger partial charge on any atom is 0.339 e. The van der Waals surface area contributed by atoms with Crippen molar-refractivity contribution >= 4 is 5.97 Å². The van der Waals surface area contributed by atoms with Crippen LogP contribution < -0.4 is 0 Å². The van der Waals surface area contributed by atoms with Crippen LogP contribution in [0.5, 0.6) is 0 Å². The lowest BCUT2D eigenvalue weighted by Crippen LogP contribution is -2.34. The maximum absolute atomic E-state index is 12.0. The van der Waals surface area contributed by atoms with Crippen molar-refractivity contribution in [2.45, 2.75) is 46.1 Å². The zero-order valence-corrected chi connectivity index (χ0v) is 13.7. The summed E-state index contributed by atoms with van der Waals surface area (Å²) in [5, 5.41) is 15.2. The Balaban J connectivity index is 0.000000541. The first kappa shape index (κ1) is 18.6. The van der Waals surface area contributed by atoms with Crippen LogP contribution in [0.4, 0.5) is 0 Å². The fourth-order valence-corrected chi connectivity index (χ4v) is 3.05. The Morgan fingerprint density at radius 3 is 2.55 bits per heavy atom. The third-order valence-corrected chi connectivity index (χ3v) is 3.62. The van der Waals surface area contributed by atoms with Gasteiger partial charge in [0.15, 0.2) is 0 Å². The number of carbonyl (C=O) groups is 1. The third-order valence-electron chi connectivity index (χ3n) is 3.62. The third kappa shape index (κ3) is 6.54. The first-order valence-electron chi connectivity index (χ1n) is 7.70. The smallest absolute Gasteiger partial charge is 0.339 e. The van der Waals surface area contributed by atoms with Crippen LogP contribution in [0.15, 0.2) is 24.5 Å². The van der Waals surface area contributed by atoms with Crippen LogP contribution >= 0.6 is 0 Å². The maximum atomic E-state index is 12.0. The van der Waals surface area contributed by atoms with E-state index in [2.05, 4.69) is 25.8 Å². The summed E-state index contributed by atoms with van der Waals surface area (Å²) in [5.74, 6) is 0.360. The number of rotatable bonds is 3. The Kier molecular flexibility index (Phi) is 7.48. The number of hydrogen-bond donors (Lipinski definition) is 2. The Morgan fingerprint density at radius 2 is 2.05 bits per heavy atom. The zero-order chi connectivity index (χ0) is 16.6. The van der Waals surface area contributed by atoms with E-state index in [0.29, 0.717) is 11.5 Å². The van der Waals surface area contributed by atoms with Crippen LogP contribution in [-0.4, -0.2) is 40.5 Å². The number of ether oxygens (including phenoxy) is 1. The molecule has 0 saturated heterocycles. The largest absolute Gasteiger partial charge is 0.459 e. The molecule has 0 spiro atoms. The van der Waals surface area contributed by atoms with Crippen molar-refractivity contribution in [2.75, 3.05) is 13.2 Å². The molecule has 0 unspecified atom stereocenters. The SMILES string of the molecule is C[C@@H]1C[C@@H](OC(=O)c2cccnc2)CC(C)(C)C1.OCCO. The summed E-state index contributed by atoms with van der Waals surface area (Å²) in [6.45, 7) is 6.47. The second-order valence-corrected chi connectivity index (χ2v) is 6.63. The molecule has 1 fully saturated rings. The number of aliphatic hydroxyl groups is 2. The lowest BCUT2D eigenvalue weighted by molar-refractivity contribution is -0.00718. The molecule has 5 nitrogen and oxygen atoms in total. The molecule has 0 aromatic carbocycles. The zero-order valence-electron chi connectivity index (χ0n) is 13.7. The minimum Gasteiger partial charge on any atom is -0.459 e. The first-order valence-corrected chi connectivity index (χ1v) is 7.70.